The highest BCUT2D eigenvalue weighted by atomic mass is 14.2. The molecule has 2 aromatic carbocycles. The highest BCUT2D eigenvalue weighted by Crippen LogP contribution is 2.25. The van der Waals surface area contributed by atoms with Gasteiger partial charge in [-0.2, -0.15) is 0 Å². The number of rotatable bonds is 30. The summed E-state index contributed by atoms with van der Waals surface area (Å²) in [6.07, 6.45) is 39.9. The summed E-state index contributed by atoms with van der Waals surface area (Å²) >= 11 is 0. The maximum Gasteiger partial charge on any atom is -0.0245 e. The summed E-state index contributed by atoms with van der Waals surface area (Å²) in [7, 11) is 0. The van der Waals surface area contributed by atoms with Crippen molar-refractivity contribution < 1.29 is 0 Å². The average molecular weight is 630 g/mol. The van der Waals surface area contributed by atoms with E-state index in [1.807, 2.05) is 0 Å². The van der Waals surface area contributed by atoms with Gasteiger partial charge in [-0.3, -0.25) is 0 Å². The lowest BCUT2D eigenvalue weighted by molar-refractivity contribution is 0.482. The molecule has 0 aliphatic rings. The van der Waals surface area contributed by atoms with Crippen LogP contribution in [0, 0.1) is 12.3 Å². The van der Waals surface area contributed by atoms with E-state index in [0.717, 1.165) is 32.1 Å². The van der Waals surface area contributed by atoms with Crippen LogP contribution in [0.25, 0.3) is 0 Å². The molecule has 0 saturated heterocycles. The molecule has 0 aromatic heterocycles. The molecule has 0 aliphatic carbocycles. The van der Waals surface area contributed by atoms with E-state index in [-0.39, 0.29) is 0 Å². The summed E-state index contributed by atoms with van der Waals surface area (Å²) in [6, 6.07) is 14.6. The van der Waals surface area contributed by atoms with E-state index in [1.54, 1.807) is 16.7 Å². The average Bonchev–Trinajstić information content (AvgIpc) is 3.09. The lowest BCUT2D eigenvalue weighted by Crippen LogP contribution is -2.09. The fraction of sp³-hybridized carbons (Fsp3) is 0.717. The van der Waals surface area contributed by atoms with Crippen molar-refractivity contribution >= 4 is 0 Å². The van der Waals surface area contributed by atoms with Crippen LogP contribution < -0.4 is 0 Å². The molecule has 0 saturated carbocycles. The zero-order chi connectivity index (χ0) is 33.1. The van der Waals surface area contributed by atoms with Crippen molar-refractivity contribution in [3.05, 3.63) is 76.2 Å². The summed E-state index contributed by atoms with van der Waals surface area (Å²) in [4.78, 5) is 0. The van der Waals surface area contributed by atoms with Crippen molar-refractivity contribution in [2.45, 2.75) is 208 Å². The Bertz CT molecular complexity index is 984. The first-order valence-corrected chi connectivity index (χ1v) is 20.7. The molecule has 1 atom stereocenters. The Morgan fingerprint density at radius 1 is 0.413 bits per heavy atom. The summed E-state index contributed by atoms with van der Waals surface area (Å²) in [6.45, 7) is 11.5. The van der Waals surface area contributed by atoms with E-state index in [2.05, 4.69) is 77.4 Å². The Morgan fingerprint density at radius 2 is 0.783 bits per heavy atom. The van der Waals surface area contributed by atoms with Gasteiger partial charge in [0.15, 0.2) is 0 Å². The predicted molar refractivity (Wildman–Crippen MR) is 208 cm³/mol. The van der Waals surface area contributed by atoms with Gasteiger partial charge in [0.05, 0.1) is 0 Å². The normalized spacial score (nSPS) is 12.2. The quantitative estimate of drug-likeness (QED) is 0.0754. The molecule has 261 valence electrons. The summed E-state index contributed by atoms with van der Waals surface area (Å²) in [5.41, 5.74) is 9.19. The first kappa shape index (κ1) is 40.6. The third kappa shape index (κ3) is 18.1. The highest BCUT2D eigenvalue weighted by Gasteiger charge is 2.13. The van der Waals surface area contributed by atoms with Gasteiger partial charge in [0, 0.05) is 0 Å². The van der Waals surface area contributed by atoms with E-state index in [4.69, 9.17) is 0 Å². The molecule has 0 heteroatoms. The lowest BCUT2D eigenvalue weighted by atomic mass is 9.86. The Morgan fingerprint density at radius 3 is 1.20 bits per heavy atom. The van der Waals surface area contributed by atoms with E-state index < -0.39 is 0 Å². The third-order valence-corrected chi connectivity index (χ3v) is 10.7. The number of benzene rings is 2. The van der Waals surface area contributed by atoms with Crippen LogP contribution in [0.15, 0.2) is 36.4 Å². The lowest BCUT2D eigenvalue weighted by Gasteiger charge is -2.19. The molecule has 0 nitrogen and oxygen atoms in total. The van der Waals surface area contributed by atoms with Crippen LogP contribution in [-0.2, 0) is 38.5 Å². The standard InChI is InChI=1S/C46H77/c1-6-11-12-13-14-15-16-17-18-19-20-21-22-23-24-25-26-27-28-29-30-40(37-42-34-36-44(8-3)46(10-5)39-42)31-32-41-33-35-43(7-2)45(9-4)38-41/h31,33-36,38-40H,6-30,32,37H2,1-5H3. The number of aryl methyl sites for hydroxylation is 4. The largest absolute Gasteiger partial charge is 0.0654 e. The molecule has 46 heavy (non-hydrogen) atoms. The third-order valence-electron chi connectivity index (χ3n) is 10.7. The summed E-state index contributed by atoms with van der Waals surface area (Å²) in [5, 5.41) is 0. The van der Waals surface area contributed by atoms with E-state index in [0.29, 0.717) is 5.92 Å². The second-order valence-electron chi connectivity index (χ2n) is 14.5. The first-order valence-electron chi connectivity index (χ1n) is 20.7. The monoisotopic (exact) mass is 630 g/mol. The van der Waals surface area contributed by atoms with Crippen molar-refractivity contribution in [1.82, 2.24) is 0 Å². The molecule has 2 aromatic rings. The number of unbranched alkanes of at least 4 members (excludes halogenated alkanes) is 19. The topological polar surface area (TPSA) is 0 Å². The van der Waals surface area contributed by atoms with Crippen LogP contribution in [0.3, 0.4) is 0 Å². The molecular weight excluding hydrogens is 553 g/mol. The van der Waals surface area contributed by atoms with Crippen LogP contribution in [0.2, 0.25) is 0 Å². The van der Waals surface area contributed by atoms with Gasteiger partial charge in [-0.15, -0.1) is 0 Å². The second kappa shape index (κ2) is 27.4. The van der Waals surface area contributed by atoms with Gasteiger partial charge in [-0.05, 0) is 90.7 Å². The maximum absolute atomic E-state index is 2.66. The van der Waals surface area contributed by atoms with Gasteiger partial charge in [0.1, 0.15) is 0 Å². The van der Waals surface area contributed by atoms with E-state index in [1.165, 1.54) is 158 Å². The molecule has 2 rings (SSSR count). The van der Waals surface area contributed by atoms with Crippen molar-refractivity contribution in [2.24, 2.45) is 5.92 Å². The molecule has 0 spiro atoms. The fourth-order valence-corrected chi connectivity index (χ4v) is 7.53. The highest BCUT2D eigenvalue weighted by molar-refractivity contribution is 5.34. The zero-order valence-corrected chi connectivity index (χ0v) is 31.7. The van der Waals surface area contributed by atoms with E-state index >= 15 is 0 Å². The first-order chi connectivity index (χ1) is 22.6. The summed E-state index contributed by atoms with van der Waals surface area (Å²) < 4.78 is 0. The minimum absolute atomic E-state index is 0.670. The van der Waals surface area contributed by atoms with Crippen LogP contribution in [-0.4, -0.2) is 0 Å². The molecular formula is C46H77. The molecule has 0 heterocycles. The van der Waals surface area contributed by atoms with Crippen molar-refractivity contribution in [1.29, 1.82) is 0 Å². The number of hydrogen-bond donors (Lipinski definition) is 0. The minimum atomic E-state index is 0.670. The predicted octanol–water partition coefficient (Wildman–Crippen LogP) is 14.8. The van der Waals surface area contributed by atoms with Gasteiger partial charge >= 0.3 is 0 Å². The maximum atomic E-state index is 2.66. The smallest absolute Gasteiger partial charge is 0.0245 e. The van der Waals surface area contributed by atoms with Gasteiger partial charge < -0.3 is 0 Å². The van der Waals surface area contributed by atoms with Crippen LogP contribution >= 0.6 is 0 Å². The van der Waals surface area contributed by atoms with Crippen LogP contribution in [0.1, 0.15) is 203 Å². The Kier molecular flexibility index (Phi) is 24.2. The zero-order valence-electron chi connectivity index (χ0n) is 31.7. The Balaban J connectivity index is 1.61. The SMILES string of the molecule is CCCCCCCCCCCCCCCCCCCCCCC([CH]Cc1ccc(CC)c(CC)c1)Cc1ccc(CC)c(CC)c1. The van der Waals surface area contributed by atoms with Gasteiger partial charge in [-0.1, -0.05) is 199 Å². The summed E-state index contributed by atoms with van der Waals surface area (Å²) in [5.74, 6) is 0.670. The van der Waals surface area contributed by atoms with Crippen molar-refractivity contribution in [3.8, 4) is 0 Å². The van der Waals surface area contributed by atoms with Crippen molar-refractivity contribution in [3.63, 3.8) is 0 Å². The van der Waals surface area contributed by atoms with E-state index in [9.17, 15) is 0 Å². The molecule has 0 aliphatic heterocycles. The van der Waals surface area contributed by atoms with Crippen molar-refractivity contribution in [2.75, 3.05) is 0 Å². The van der Waals surface area contributed by atoms with Gasteiger partial charge in [0.2, 0.25) is 0 Å². The van der Waals surface area contributed by atoms with Gasteiger partial charge in [0.25, 0.3) is 0 Å². The second-order valence-corrected chi connectivity index (χ2v) is 14.5. The number of hydrogen-bond acceptors (Lipinski definition) is 0. The molecule has 0 N–H and O–H groups in total. The van der Waals surface area contributed by atoms with Crippen LogP contribution in [0.5, 0.6) is 0 Å². The molecule has 1 unspecified atom stereocenters. The fourth-order valence-electron chi connectivity index (χ4n) is 7.53. The molecule has 0 amide bonds. The Hall–Kier alpha value is -1.56. The Labute approximate surface area is 289 Å². The van der Waals surface area contributed by atoms with Gasteiger partial charge in [-0.25, -0.2) is 0 Å². The molecule has 0 fully saturated rings. The molecule has 1 radical (unpaired) electrons. The minimum Gasteiger partial charge on any atom is -0.0654 e. The molecule has 0 bridgehead atoms. The van der Waals surface area contributed by atoms with Crippen LogP contribution in [0.4, 0.5) is 0 Å².